The highest BCUT2D eigenvalue weighted by Crippen LogP contribution is 2.17. The highest BCUT2D eigenvalue weighted by molar-refractivity contribution is 6.70. The van der Waals surface area contributed by atoms with Gasteiger partial charge in [0.05, 0.1) is 0 Å². The van der Waals surface area contributed by atoms with Crippen LogP contribution in [0.3, 0.4) is 0 Å². The molecule has 0 aliphatic carbocycles. The van der Waals surface area contributed by atoms with Gasteiger partial charge in [-0.25, -0.2) is 9.98 Å². The zero-order chi connectivity index (χ0) is 12.5. The molecular formula is C11H8ClN5O. The molecule has 2 aliphatic rings. The monoisotopic (exact) mass is 261 g/mol. The minimum absolute atomic E-state index is 0.196. The number of hydrogen-bond acceptors (Lipinski definition) is 6. The van der Waals surface area contributed by atoms with Crippen molar-refractivity contribution in [3.05, 3.63) is 24.3 Å². The molecule has 90 valence electrons. The van der Waals surface area contributed by atoms with E-state index < -0.39 is 0 Å². The molecule has 0 saturated heterocycles. The summed E-state index contributed by atoms with van der Waals surface area (Å²) in [6, 6.07) is 6.18. The average molecular weight is 262 g/mol. The number of nitrogens with one attached hydrogen (secondary N) is 1. The maximum Gasteiger partial charge on any atom is 0.230 e. The van der Waals surface area contributed by atoms with Gasteiger partial charge in [0, 0.05) is 5.69 Å². The summed E-state index contributed by atoms with van der Waals surface area (Å²) in [5.41, 5.74) is 0.748. The number of anilines is 1. The van der Waals surface area contributed by atoms with Gasteiger partial charge in [0.2, 0.25) is 5.96 Å². The first-order chi connectivity index (χ1) is 8.72. The normalized spacial score (nSPS) is 20.9. The number of guanidine groups is 1. The smallest absolute Gasteiger partial charge is 0.230 e. The van der Waals surface area contributed by atoms with E-state index in [1.54, 1.807) is 24.3 Å². The Morgan fingerprint density at radius 3 is 2.72 bits per heavy atom. The summed E-state index contributed by atoms with van der Waals surface area (Å²) in [6.45, 7) is 0. The molecule has 0 saturated carbocycles. The van der Waals surface area contributed by atoms with E-state index in [4.69, 9.17) is 11.6 Å². The lowest BCUT2D eigenvalue weighted by atomic mass is 10.3. The summed E-state index contributed by atoms with van der Waals surface area (Å²) < 4.78 is 0. The third kappa shape index (κ3) is 1.98. The lowest BCUT2D eigenvalue weighted by Crippen LogP contribution is -2.29. The first-order valence-corrected chi connectivity index (χ1v) is 5.58. The average Bonchev–Trinajstić information content (AvgIpc) is 2.81. The molecule has 2 aliphatic heterocycles. The number of hydrogen-bond donors (Lipinski definition) is 2. The molecule has 6 nitrogen and oxygen atoms in total. The van der Waals surface area contributed by atoms with Gasteiger partial charge in [0.25, 0.3) is 0 Å². The molecule has 0 amide bonds. The number of aromatic hydroxyl groups is 1. The minimum atomic E-state index is -0.364. The highest BCUT2D eigenvalue weighted by Gasteiger charge is 2.27. The van der Waals surface area contributed by atoms with Crippen LogP contribution in [0.5, 0.6) is 5.75 Å². The molecule has 3 rings (SSSR count). The van der Waals surface area contributed by atoms with Crippen LogP contribution in [-0.4, -0.2) is 34.5 Å². The number of phenolic OH excluding ortho intramolecular Hbond substituents is 1. The Balaban J connectivity index is 1.84. The second-order valence-electron chi connectivity index (χ2n) is 3.70. The molecule has 2 N–H and O–H groups in total. The molecule has 0 fully saturated rings. The van der Waals surface area contributed by atoms with E-state index in [0.717, 1.165) is 5.69 Å². The van der Waals surface area contributed by atoms with E-state index in [1.807, 2.05) is 0 Å². The van der Waals surface area contributed by atoms with Gasteiger partial charge in [-0.05, 0) is 24.3 Å². The maximum absolute atomic E-state index is 9.19. The van der Waals surface area contributed by atoms with Crippen LogP contribution >= 0.6 is 11.6 Å². The Kier molecular flexibility index (Phi) is 2.56. The summed E-state index contributed by atoms with van der Waals surface area (Å²) in [5.74, 6) is 1.07. The van der Waals surface area contributed by atoms with Crippen molar-refractivity contribution >= 4 is 40.6 Å². The number of amidine groups is 1. The molecular weight excluding hydrogens is 254 g/mol. The van der Waals surface area contributed by atoms with E-state index >= 15 is 0 Å². The summed E-state index contributed by atoms with van der Waals surface area (Å²) in [7, 11) is 0. The zero-order valence-electron chi connectivity index (χ0n) is 9.08. The Labute approximate surface area is 107 Å². The van der Waals surface area contributed by atoms with E-state index in [1.165, 1.54) is 6.34 Å². The van der Waals surface area contributed by atoms with E-state index in [-0.39, 0.29) is 11.8 Å². The molecule has 0 spiro atoms. The summed E-state index contributed by atoms with van der Waals surface area (Å²) >= 11 is 6.00. The van der Waals surface area contributed by atoms with Crippen molar-refractivity contribution in [3.8, 4) is 5.75 Å². The number of fused-ring (bicyclic) bond motifs is 1. The van der Waals surface area contributed by atoms with Gasteiger partial charge in [0.1, 0.15) is 17.3 Å². The maximum atomic E-state index is 9.19. The fraction of sp³-hybridized carbons (Fsp3) is 0.0909. The van der Waals surface area contributed by atoms with Gasteiger partial charge in [-0.2, -0.15) is 4.99 Å². The van der Waals surface area contributed by atoms with Crippen molar-refractivity contribution in [2.75, 3.05) is 5.32 Å². The van der Waals surface area contributed by atoms with Crippen LogP contribution in [0.25, 0.3) is 0 Å². The molecule has 0 radical (unpaired) electrons. The van der Waals surface area contributed by atoms with Crippen molar-refractivity contribution < 1.29 is 5.11 Å². The fourth-order valence-corrected chi connectivity index (χ4v) is 1.81. The largest absolute Gasteiger partial charge is 0.508 e. The summed E-state index contributed by atoms with van der Waals surface area (Å²) in [5, 5.41) is 12.5. The SMILES string of the molecule is Oc1ccc(NC2=NC3=NC=NC3C(Cl)=N2)cc1. The van der Waals surface area contributed by atoms with Gasteiger partial charge in [-0.15, -0.1) is 0 Å². The molecule has 0 aromatic heterocycles. The van der Waals surface area contributed by atoms with Crippen LogP contribution in [0, 0.1) is 0 Å². The predicted molar refractivity (Wildman–Crippen MR) is 72.2 cm³/mol. The fourth-order valence-electron chi connectivity index (χ4n) is 1.58. The first-order valence-electron chi connectivity index (χ1n) is 5.20. The third-order valence-electron chi connectivity index (χ3n) is 2.43. The Morgan fingerprint density at radius 1 is 1.17 bits per heavy atom. The molecule has 1 atom stereocenters. The van der Waals surface area contributed by atoms with Crippen LogP contribution in [0.1, 0.15) is 0 Å². The molecule has 18 heavy (non-hydrogen) atoms. The minimum Gasteiger partial charge on any atom is -0.508 e. The number of nitrogens with zero attached hydrogens (tertiary/aromatic N) is 4. The number of aliphatic imine (C=N–C) groups is 4. The first kappa shape index (κ1) is 10.9. The van der Waals surface area contributed by atoms with E-state index in [0.29, 0.717) is 17.0 Å². The van der Waals surface area contributed by atoms with Crippen LogP contribution in [0.15, 0.2) is 44.2 Å². The Morgan fingerprint density at radius 2 is 1.94 bits per heavy atom. The van der Waals surface area contributed by atoms with Crippen molar-refractivity contribution in [1.82, 2.24) is 0 Å². The van der Waals surface area contributed by atoms with Crippen LogP contribution < -0.4 is 5.32 Å². The second-order valence-corrected chi connectivity index (χ2v) is 4.08. The van der Waals surface area contributed by atoms with Gasteiger partial charge in [-0.1, -0.05) is 11.6 Å². The Bertz CT molecular complexity index is 602. The number of halogens is 1. The van der Waals surface area contributed by atoms with Gasteiger partial charge in [0.15, 0.2) is 11.9 Å². The number of rotatable bonds is 1. The highest BCUT2D eigenvalue weighted by atomic mass is 35.5. The second kappa shape index (κ2) is 4.23. The molecule has 7 heteroatoms. The van der Waals surface area contributed by atoms with Crippen LogP contribution in [-0.2, 0) is 0 Å². The summed E-state index contributed by atoms with van der Waals surface area (Å²) in [6.07, 6.45) is 1.42. The zero-order valence-corrected chi connectivity index (χ0v) is 9.83. The third-order valence-corrected chi connectivity index (χ3v) is 2.72. The Hall–Kier alpha value is -2.21. The lowest BCUT2D eigenvalue weighted by molar-refractivity contribution is 0.475. The van der Waals surface area contributed by atoms with Crippen molar-refractivity contribution in [1.29, 1.82) is 0 Å². The van der Waals surface area contributed by atoms with Crippen molar-refractivity contribution in [2.24, 2.45) is 20.0 Å². The number of phenols is 1. The van der Waals surface area contributed by atoms with E-state index in [9.17, 15) is 5.11 Å². The standard InChI is InChI=1S/C11H8ClN5O/c12-9-8-10(14-5-13-8)17-11(16-9)15-6-1-3-7(18)4-2-6/h1-5,8,18H,(H,13,14,15,17). The van der Waals surface area contributed by atoms with Gasteiger partial charge >= 0.3 is 0 Å². The van der Waals surface area contributed by atoms with Crippen LogP contribution in [0.4, 0.5) is 5.69 Å². The lowest BCUT2D eigenvalue weighted by Gasteiger charge is -2.14. The van der Waals surface area contributed by atoms with Crippen molar-refractivity contribution in [2.45, 2.75) is 6.04 Å². The summed E-state index contributed by atoms with van der Waals surface area (Å²) in [4.78, 5) is 16.4. The molecule has 0 bridgehead atoms. The van der Waals surface area contributed by atoms with Crippen molar-refractivity contribution in [3.63, 3.8) is 0 Å². The topological polar surface area (TPSA) is 81.7 Å². The quantitative estimate of drug-likeness (QED) is 0.753. The molecule has 1 aromatic rings. The van der Waals surface area contributed by atoms with Gasteiger partial charge in [-0.3, -0.25) is 4.99 Å². The van der Waals surface area contributed by atoms with E-state index in [2.05, 4.69) is 25.3 Å². The van der Waals surface area contributed by atoms with Crippen LogP contribution in [0.2, 0.25) is 0 Å². The number of benzene rings is 1. The van der Waals surface area contributed by atoms with Gasteiger partial charge < -0.3 is 10.4 Å². The molecule has 1 aromatic carbocycles. The predicted octanol–water partition coefficient (Wildman–Crippen LogP) is 1.62. The molecule has 1 unspecified atom stereocenters. The molecule has 2 heterocycles.